The van der Waals surface area contributed by atoms with Crippen LogP contribution in [0, 0.1) is 0 Å². The largest absolute Gasteiger partial charge is 0.480 e. The summed E-state index contributed by atoms with van der Waals surface area (Å²) in [5, 5.41) is 24.2. The maximum Gasteiger partial charge on any atom is 0.322 e. The Morgan fingerprint density at radius 2 is 1.56 bits per heavy atom. The fourth-order valence-electron chi connectivity index (χ4n) is 1.59. The molecule has 0 fully saturated rings. The molecule has 0 aromatic carbocycles. The molecule has 0 saturated carbocycles. The SMILES string of the molecule is CC(NC(=O)C(CC(N)=O)NC(=O)C(N)C(C)O)C(=O)NCC(=O)O. The lowest BCUT2D eigenvalue weighted by Gasteiger charge is -2.22. The van der Waals surface area contributed by atoms with Gasteiger partial charge in [0.2, 0.25) is 23.6 Å². The van der Waals surface area contributed by atoms with E-state index in [4.69, 9.17) is 16.6 Å². The molecule has 0 aliphatic carbocycles. The molecular weight excluding hydrogens is 338 g/mol. The van der Waals surface area contributed by atoms with Gasteiger partial charge in [0.1, 0.15) is 24.7 Å². The van der Waals surface area contributed by atoms with Crippen molar-refractivity contribution in [3.63, 3.8) is 0 Å². The van der Waals surface area contributed by atoms with Crippen LogP contribution >= 0.6 is 0 Å². The number of carboxylic acids is 1. The van der Waals surface area contributed by atoms with E-state index >= 15 is 0 Å². The van der Waals surface area contributed by atoms with E-state index < -0.39 is 66.8 Å². The summed E-state index contributed by atoms with van der Waals surface area (Å²) in [6.07, 6.45) is -1.76. The number of carboxylic acid groups (broad SMARTS) is 1. The van der Waals surface area contributed by atoms with Crippen LogP contribution in [0.2, 0.25) is 0 Å². The van der Waals surface area contributed by atoms with Crippen molar-refractivity contribution in [1.82, 2.24) is 16.0 Å². The first-order valence-electron chi connectivity index (χ1n) is 7.27. The molecule has 0 heterocycles. The Morgan fingerprint density at radius 1 is 1.00 bits per heavy atom. The van der Waals surface area contributed by atoms with Crippen molar-refractivity contribution in [2.75, 3.05) is 6.54 Å². The first-order valence-corrected chi connectivity index (χ1v) is 7.27. The summed E-state index contributed by atoms with van der Waals surface area (Å²) < 4.78 is 0. The highest BCUT2D eigenvalue weighted by molar-refractivity contribution is 5.95. The number of nitrogens with one attached hydrogen (secondary N) is 3. The van der Waals surface area contributed by atoms with Gasteiger partial charge in [-0.3, -0.25) is 24.0 Å². The third-order valence-corrected chi connectivity index (χ3v) is 3.03. The van der Waals surface area contributed by atoms with Crippen LogP contribution in [0.1, 0.15) is 20.3 Å². The molecule has 9 N–H and O–H groups in total. The standard InChI is InChI=1S/C13H23N5O7/c1-5(11(23)16-4-9(21)22)17-12(24)7(3-8(14)20)18-13(25)10(15)6(2)19/h5-7,10,19H,3-4,15H2,1-2H3,(H2,14,20)(H,16,23)(H,17,24)(H,18,25)(H,21,22). The van der Waals surface area contributed by atoms with Crippen LogP contribution in [0.5, 0.6) is 0 Å². The highest BCUT2D eigenvalue weighted by Gasteiger charge is 2.29. The normalized spacial score (nSPS) is 15.2. The molecule has 0 aliphatic rings. The van der Waals surface area contributed by atoms with Crippen LogP contribution < -0.4 is 27.4 Å². The minimum atomic E-state index is -1.41. The molecule has 4 atom stereocenters. The molecule has 142 valence electrons. The number of aliphatic hydroxyl groups excluding tert-OH is 1. The topological polar surface area (TPSA) is 214 Å². The van der Waals surface area contributed by atoms with E-state index in [2.05, 4.69) is 16.0 Å². The average molecular weight is 361 g/mol. The van der Waals surface area contributed by atoms with E-state index in [-0.39, 0.29) is 0 Å². The fourth-order valence-corrected chi connectivity index (χ4v) is 1.59. The summed E-state index contributed by atoms with van der Waals surface area (Å²) in [5.74, 6) is -4.73. The number of primary amides is 1. The van der Waals surface area contributed by atoms with Crippen LogP contribution in [-0.2, 0) is 24.0 Å². The molecule has 0 spiro atoms. The molecule has 25 heavy (non-hydrogen) atoms. The molecule has 0 aromatic rings. The minimum Gasteiger partial charge on any atom is -0.480 e. The predicted octanol–water partition coefficient (Wildman–Crippen LogP) is -4.24. The second-order valence-corrected chi connectivity index (χ2v) is 5.34. The molecule has 4 unspecified atom stereocenters. The summed E-state index contributed by atoms with van der Waals surface area (Å²) in [6.45, 7) is 1.91. The molecule has 0 rings (SSSR count). The van der Waals surface area contributed by atoms with E-state index in [9.17, 15) is 29.1 Å². The van der Waals surface area contributed by atoms with E-state index in [1.807, 2.05) is 0 Å². The van der Waals surface area contributed by atoms with E-state index in [1.54, 1.807) is 0 Å². The number of aliphatic carboxylic acids is 1. The first kappa shape index (κ1) is 22.3. The molecule has 0 bridgehead atoms. The van der Waals surface area contributed by atoms with Gasteiger partial charge >= 0.3 is 5.97 Å². The van der Waals surface area contributed by atoms with Gasteiger partial charge in [-0.25, -0.2) is 0 Å². The third-order valence-electron chi connectivity index (χ3n) is 3.03. The molecular formula is C13H23N5O7. The van der Waals surface area contributed by atoms with Crippen molar-refractivity contribution >= 4 is 29.6 Å². The van der Waals surface area contributed by atoms with Crippen LogP contribution in [0.4, 0.5) is 0 Å². The first-order chi connectivity index (χ1) is 11.5. The number of amides is 4. The summed E-state index contributed by atoms with van der Waals surface area (Å²) in [4.78, 5) is 57.0. The van der Waals surface area contributed by atoms with E-state index in [0.717, 1.165) is 0 Å². The quantitative estimate of drug-likeness (QED) is 0.202. The number of carbonyl (C=O) groups excluding carboxylic acids is 4. The Balaban J connectivity index is 4.88. The van der Waals surface area contributed by atoms with Gasteiger partial charge in [0.25, 0.3) is 0 Å². The van der Waals surface area contributed by atoms with Gasteiger partial charge in [-0.05, 0) is 13.8 Å². The number of aliphatic hydroxyl groups is 1. The monoisotopic (exact) mass is 361 g/mol. The van der Waals surface area contributed by atoms with Crippen molar-refractivity contribution in [3.05, 3.63) is 0 Å². The van der Waals surface area contributed by atoms with Gasteiger partial charge in [0.05, 0.1) is 12.5 Å². The second-order valence-electron chi connectivity index (χ2n) is 5.34. The molecule has 12 heteroatoms. The maximum atomic E-state index is 12.1. The Labute approximate surface area is 143 Å². The van der Waals surface area contributed by atoms with E-state index in [0.29, 0.717) is 0 Å². The zero-order valence-corrected chi connectivity index (χ0v) is 13.8. The highest BCUT2D eigenvalue weighted by Crippen LogP contribution is 1.97. The van der Waals surface area contributed by atoms with Gasteiger partial charge in [-0.2, -0.15) is 0 Å². The number of hydrogen-bond donors (Lipinski definition) is 7. The number of rotatable bonds is 10. The van der Waals surface area contributed by atoms with Crippen molar-refractivity contribution in [1.29, 1.82) is 0 Å². The third kappa shape index (κ3) is 8.62. The average Bonchev–Trinajstić information content (AvgIpc) is 2.49. The smallest absolute Gasteiger partial charge is 0.322 e. The number of hydrogen-bond acceptors (Lipinski definition) is 7. The summed E-state index contributed by atoms with van der Waals surface area (Å²) in [7, 11) is 0. The number of nitrogens with two attached hydrogens (primary N) is 2. The van der Waals surface area contributed by atoms with Crippen molar-refractivity contribution in [3.8, 4) is 0 Å². The second kappa shape index (κ2) is 10.2. The van der Waals surface area contributed by atoms with Crippen molar-refractivity contribution in [2.24, 2.45) is 11.5 Å². The molecule has 4 amide bonds. The molecule has 12 nitrogen and oxygen atoms in total. The lowest BCUT2D eigenvalue weighted by atomic mass is 10.1. The van der Waals surface area contributed by atoms with Gasteiger partial charge in [0.15, 0.2) is 0 Å². The van der Waals surface area contributed by atoms with Crippen LogP contribution in [0.3, 0.4) is 0 Å². The van der Waals surface area contributed by atoms with Crippen molar-refractivity contribution in [2.45, 2.75) is 44.5 Å². The summed E-state index contributed by atoms with van der Waals surface area (Å²) >= 11 is 0. The zero-order valence-electron chi connectivity index (χ0n) is 13.8. The lowest BCUT2D eigenvalue weighted by Crippen LogP contribution is -2.57. The molecule has 0 aromatic heterocycles. The number of carbonyl (C=O) groups is 5. The highest BCUT2D eigenvalue weighted by atomic mass is 16.4. The summed E-state index contributed by atoms with van der Waals surface area (Å²) in [6, 6.07) is -3.88. The molecule has 0 radical (unpaired) electrons. The van der Waals surface area contributed by atoms with Gasteiger partial charge in [-0.1, -0.05) is 0 Å². The zero-order chi connectivity index (χ0) is 19.7. The Hall–Kier alpha value is -2.73. The van der Waals surface area contributed by atoms with Crippen molar-refractivity contribution < 1.29 is 34.2 Å². The predicted molar refractivity (Wildman–Crippen MR) is 83.6 cm³/mol. The van der Waals surface area contributed by atoms with Gasteiger partial charge in [0, 0.05) is 0 Å². The Bertz CT molecular complexity index is 537. The molecule has 0 aliphatic heterocycles. The summed E-state index contributed by atoms with van der Waals surface area (Å²) in [5.41, 5.74) is 10.4. The Kier molecular flexibility index (Phi) is 9.09. The molecule has 0 saturated heterocycles. The van der Waals surface area contributed by atoms with Crippen LogP contribution in [0.25, 0.3) is 0 Å². The van der Waals surface area contributed by atoms with Crippen LogP contribution in [-0.4, -0.2) is 70.6 Å². The van der Waals surface area contributed by atoms with Gasteiger partial charge in [-0.15, -0.1) is 0 Å². The van der Waals surface area contributed by atoms with Crippen LogP contribution in [0.15, 0.2) is 0 Å². The Morgan fingerprint density at radius 3 is 2.00 bits per heavy atom. The minimum absolute atomic E-state index is 0.562. The van der Waals surface area contributed by atoms with E-state index in [1.165, 1.54) is 13.8 Å². The fraction of sp³-hybridized carbons (Fsp3) is 0.615. The maximum absolute atomic E-state index is 12.1. The van der Waals surface area contributed by atoms with Gasteiger partial charge < -0.3 is 37.6 Å². The lowest BCUT2D eigenvalue weighted by molar-refractivity contribution is -0.138.